The summed E-state index contributed by atoms with van der Waals surface area (Å²) < 4.78 is 38.8. The van der Waals surface area contributed by atoms with Gasteiger partial charge in [-0.1, -0.05) is 11.6 Å². The number of anilines is 1. The van der Waals surface area contributed by atoms with E-state index in [0.717, 1.165) is 6.07 Å². The Morgan fingerprint density at radius 2 is 1.96 bits per heavy atom. The predicted molar refractivity (Wildman–Crippen MR) is 92.7 cm³/mol. The van der Waals surface area contributed by atoms with E-state index >= 15 is 0 Å². The lowest BCUT2D eigenvalue weighted by Crippen LogP contribution is -2.12. The zero-order valence-electron chi connectivity index (χ0n) is 13.3. The highest BCUT2D eigenvalue weighted by molar-refractivity contribution is 6.33. The van der Waals surface area contributed by atoms with Crippen LogP contribution in [0.2, 0.25) is 5.02 Å². The van der Waals surface area contributed by atoms with E-state index in [0.29, 0.717) is 10.9 Å². The van der Waals surface area contributed by atoms with Crippen molar-refractivity contribution in [1.82, 2.24) is 4.98 Å². The van der Waals surface area contributed by atoms with Gasteiger partial charge in [-0.15, -0.1) is 0 Å². The molecule has 134 valence electrons. The highest BCUT2D eigenvalue weighted by atomic mass is 35.5. The molecule has 6 nitrogen and oxygen atoms in total. The zero-order valence-corrected chi connectivity index (χ0v) is 14.1. The molecule has 0 spiro atoms. The minimum Gasteiger partial charge on any atom is -0.496 e. The van der Waals surface area contributed by atoms with E-state index in [2.05, 4.69) is 4.98 Å². The van der Waals surface area contributed by atoms with Gasteiger partial charge in [-0.05, 0) is 12.1 Å². The van der Waals surface area contributed by atoms with Gasteiger partial charge in [-0.25, -0.2) is 8.78 Å². The Morgan fingerprint density at radius 3 is 2.62 bits per heavy atom. The summed E-state index contributed by atoms with van der Waals surface area (Å²) in [6, 6.07) is 5.06. The smallest absolute Gasteiger partial charge is 0.252 e. The van der Waals surface area contributed by atoms with Gasteiger partial charge in [0.15, 0.2) is 17.4 Å². The van der Waals surface area contributed by atoms with Gasteiger partial charge in [0.2, 0.25) is 0 Å². The van der Waals surface area contributed by atoms with E-state index in [-0.39, 0.29) is 22.7 Å². The van der Waals surface area contributed by atoms with Crippen LogP contribution >= 0.6 is 11.6 Å². The second kappa shape index (κ2) is 6.64. The van der Waals surface area contributed by atoms with Crippen molar-refractivity contribution in [2.24, 2.45) is 5.73 Å². The molecule has 0 bridgehead atoms. The van der Waals surface area contributed by atoms with Gasteiger partial charge >= 0.3 is 0 Å². The van der Waals surface area contributed by atoms with Crippen molar-refractivity contribution in [2.75, 3.05) is 12.8 Å². The number of primary amides is 1. The number of nitrogen functional groups attached to an aromatic ring is 1. The first-order valence-electron chi connectivity index (χ1n) is 7.20. The number of hydrogen-bond acceptors (Lipinski definition) is 5. The van der Waals surface area contributed by atoms with Crippen LogP contribution in [0.15, 0.2) is 30.5 Å². The van der Waals surface area contributed by atoms with E-state index in [1.165, 1.54) is 31.5 Å². The van der Waals surface area contributed by atoms with Gasteiger partial charge in [0, 0.05) is 23.7 Å². The molecular weight excluding hydrogens is 368 g/mol. The minimum absolute atomic E-state index is 0.0405. The van der Waals surface area contributed by atoms with Crippen molar-refractivity contribution < 1.29 is 23.0 Å². The first kappa shape index (κ1) is 17.7. The molecule has 0 aliphatic heterocycles. The van der Waals surface area contributed by atoms with Gasteiger partial charge in [0.1, 0.15) is 16.5 Å². The highest BCUT2D eigenvalue weighted by Gasteiger charge is 2.20. The number of hydrogen-bond donors (Lipinski definition) is 2. The summed E-state index contributed by atoms with van der Waals surface area (Å²) in [6.07, 6.45) is 1.37. The molecule has 3 aromatic rings. The Bertz CT molecular complexity index is 1040. The van der Waals surface area contributed by atoms with Crippen LogP contribution in [0.1, 0.15) is 10.4 Å². The average molecular weight is 380 g/mol. The van der Waals surface area contributed by atoms with Crippen LogP contribution in [0.3, 0.4) is 0 Å². The first-order chi connectivity index (χ1) is 12.3. The maximum atomic E-state index is 14.2. The fourth-order valence-corrected chi connectivity index (χ4v) is 2.54. The number of ether oxygens (including phenoxy) is 2. The summed E-state index contributed by atoms with van der Waals surface area (Å²) in [5.74, 6) is -3.39. The monoisotopic (exact) mass is 379 g/mol. The van der Waals surface area contributed by atoms with Crippen molar-refractivity contribution in [3.05, 3.63) is 52.7 Å². The van der Waals surface area contributed by atoms with E-state index < -0.39 is 28.3 Å². The normalized spacial score (nSPS) is 10.8. The molecule has 0 atom stereocenters. The second-order valence-electron chi connectivity index (χ2n) is 5.25. The van der Waals surface area contributed by atoms with Crippen LogP contribution in [-0.2, 0) is 0 Å². The summed E-state index contributed by atoms with van der Waals surface area (Å²) in [6.45, 7) is 0. The molecule has 0 aliphatic carbocycles. The molecule has 0 saturated heterocycles. The second-order valence-corrected chi connectivity index (χ2v) is 5.63. The molecule has 2 aromatic carbocycles. The number of benzene rings is 2. The number of nitrogens with zero attached hydrogens (tertiary/aromatic N) is 1. The molecule has 3 rings (SSSR count). The number of fused-ring (bicyclic) bond motifs is 1. The van der Waals surface area contributed by atoms with E-state index in [1.54, 1.807) is 0 Å². The number of aromatic nitrogens is 1. The third-order valence-corrected chi connectivity index (χ3v) is 4.03. The number of pyridine rings is 1. The van der Waals surface area contributed by atoms with Gasteiger partial charge < -0.3 is 20.9 Å². The summed E-state index contributed by atoms with van der Waals surface area (Å²) in [7, 11) is 1.37. The van der Waals surface area contributed by atoms with Crippen molar-refractivity contribution in [3.63, 3.8) is 0 Å². The maximum absolute atomic E-state index is 14.2. The van der Waals surface area contributed by atoms with Crippen LogP contribution < -0.4 is 20.9 Å². The topological polar surface area (TPSA) is 100 Å². The highest BCUT2D eigenvalue weighted by Crippen LogP contribution is 2.38. The van der Waals surface area contributed by atoms with Crippen LogP contribution in [0.5, 0.6) is 17.2 Å². The predicted octanol–water partition coefficient (Wildman–Crippen LogP) is 3.65. The van der Waals surface area contributed by atoms with Crippen molar-refractivity contribution in [1.29, 1.82) is 0 Å². The summed E-state index contributed by atoms with van der Waals surface area (Å²) in [5.41, 5.74) is 10.9. The lowest BCUT2D eigenvalue weighted by atomic mass is 10.1. The number of methoxy groups -OCH3 is 1. The van der Waals surface area contributed by atoms with Crippen LogP contribution in [0.4, 0.5) is 14.5 Å². The first-order valence-corrected chi connectivity index (χ1v) is 7.58. The molecule has 26 heavy (non-hydrogen) atoms. The van der Waals surface area contributed by atoms with E-state index in [9.17, 15) is 13.6 Å². The summed E-state index contributed by atoms with van der Waals surface area (Å²) in [5, 5.41) is -0.159. The van der Waals surface area contributed by atoms with Gasteiger partial charge in [0.25, 0.3) is 5.91 Å². The molecule has 0 aliphatic rings. The zero-order chi connectivity index (χ0) is 19.0. The Morgan fingerprint density at radius 1 is 1.23 bits per heavy atom. The number of amides is 1. The van der Waals surface area contributed by atoms with E-state index in [4.69, 9.17) is 32.5 Å². The van der Waals surface area contributed by atoms with Gasteiger partial charge in [0.05, 0.1) is 23.9 Å². The third kappa shape index (κ3) is 2.95. The molecule has 4 N–H and O–H groups in total. The third-order valence-electron chi connectivity index (χ3n) is 3.64. The van der Waals surface area contributed by atoms with Crippen LogP contribution in [0, 0.1) is 11.6 Å². The van der Waals surface area contributed by atoms with Gasteiger partial charge in [-0.3, -0.25) is 9.78 Å². The average Bonchev–Trinajstić information content (AvgIpc) is 2.62. The molecule has 0 radical (unpaired) electrons. The molecule has 1 heterocycles. The van der Waals surface area contributed by atoms with Crippen LogP contribution in [0.25, 0.3) is 10.9 Å². The molecule has 1 aromatic heterocycles. The Kier molecular flexibility index (Phi) is 4.52. The maximum Gasteiger partial charge on any atom is 0.252 e. The number of carbonyl (C=O) groups is 1. The number of halogens is 3. The fourth-order valence-electron chi connectivity index (χ4n) is 2.40. The lowest BCUT2D eigenvalue weighted by Gasteiger charge is -2.13. The van der Waals surface area contributed by atoms with Crippen molar-refractivity contribution in [3.8, 4) is 17.2 Å². The number of rotatable bonds is 4. The quantitative estimate of drug-likeness (QED) is 0.532. The standard InChI is InChI=1S/C17H12ClF2N3O3/c1-25-13-6-11-7(4-8(13)17(22)24)12(2-3-23-11)26-16-9(19)5-10(21)14(18)15(16)20/h2-6H,21H2,1H3,(H2,22,24). The van der Waals surface area contributed by atoms with E-state index in [1.807, 2.05) is 0 Å². The lowest BCUT2D eigenvalue weighted by molar-refractivity contribution is 0.0997. The molecule has 0 fully saturated rings. The van der Waals surface area contributed by atoms with Crippen LogP contribution in [-0.4, -0.2) is 18.0 Å². The molecule has 0 unspecified atom stereocenters. The molecule has 9 heteroatoms. The van der Waals surface area contributed by atoms with Gasteiger partial charge in [-0.2, -0.15) is 0 Å². The summed E-state index contributed by atoms with van der Waals surface area (Å²) >= 11 is 5.71. The summed E-state index contributed by atoms with van der Waals surface area (Å²) in [4.78, 5) is 15.7. The molecular formula is C17H12ClF2N3O3. The Balaban J connectivity index is 2.19. The SMILES string of the molecule is COc1cc2nccc(Oc3c(F)cc(N)c(Cl)c3F)c2cc1C(N)=O. The van der Waals surface area contributed by atoms with Crippen molar-refractivity contribution >= 4 is 34.1 Å². The Hall–Kier alpha value is -3.13. The van der Waals surface area contributed by atoms with Crippen molar-refractivity contribution in [2.45, 2.75) is 0 Å². The molecule has 1 amide bonds. The molecule has 0 saturated carbocycles. The minimum atomic E-state index is -1.14. The number of carbonyl (C=O) groups excluding carboxylic acids is 1. The number of nitrogens with two attached hydrogens (primary N) is 2. The fraction of sp³-hybridized carbons (Fsp3) is 0.0588. The Labute approximate surface area is 151 Å². The largest absolute Gasteiger partial charge is 0.496 e.